The van der Waals surface area contributed by atoms with Gasteiger partial charge in [-0.2, -0.15) is 5.26 Å². The molecule has 4 aromatic rings. The van der Waals surface area contributed by atoms with Gasteiger partial charge in [0.1, 0.15) is 5.56 Å². The lowest BCUT2D eigenvalue weighted by atomic mass is 9.86. The summed E-state index contributed by atoms with van der Waals surface area (Å²) in [7, 11) is 0. The molecule has 1 N–H and O–H groups in total. The number of carbonyl (C=O) groups is 1. The van der Waals surface area contributed by atoms with E-state index in [-0.39, 0.29) is 5.56 Å². The highest BCUT2D eigenvalue weighted by Crippen LogP contribution is 2.24. The molecular formula is C24H20N4O2S. The van der Waals surface area contributed by atoms with Crippen molar-refractivity contribution in [2.45, 2.75) is 25.7 Å². The Morgan fingerprint density at radius 3 is 2.55 bits per heavy atom. The van der Waals surface area contributed by atoms with E-state index in [1.807, 2.05) is 44.2 Å². The quantitative estimate of drug-likeness (QED) is 0.510. The van der Waals surface area contributed by atoms with Gasteiger partial charge in [-0.15, -0.1) is 11.3 Å². The number of hydrogen-bond acceptors (Lipinski definition) is 5. The van der Waals surface area contributed by atoms with Crippen molar-refractivity contribution in [3.63, 3.8) is 0 Å². The average Bonchev–Trinajstić information content (AvgIpc) is 3.18. The first kappa shape index (κ1) is 20.5. The van der Waals surface area contributed by atoms with Gasteiger partial charge < -0.3 is 5.32 Å². The fourth-order valence-corrected chi connectivity index (χ4v) is 4.17. The van der Waals surface area contributed by atoms with Gasteiger partial charge >= 0.3 is 0 Å². The Hall–Kier alpha value is -3.76. The van der Waals surface area contributed by atoms with Gasteiger partial charge in [0.25, 0.3) is 11.5 Å². The zero-order chi connectivity index (χ0) is 22.0. The Morgan fingerprint density at radius 2 is 1.87 bits per heavy atom. The Kier molecular flexibility index (Phi) is 5.40. The molecule has 154 valence electrons. The molecule has 0 saturated heterocycles. The number of anilines is 1. The summed E-state index contributed by atoms with van der Waals surface area (Å²) < 4.78 is 1.43. The van der Waals surface area contributed by atoms with Crippen LogP contribution in [0, 0.1) is 11.3 Å². The van der Waals surface area contributed by atoms with E-state index in [1.54, 1.807) is 30.5 Å². The van der Waals surface area contributed by atoms with Gasteiger partial charge in [0, 0.05) is 29.4 Å². The number of aromatic nitrogens is 2. The Balaban J connectivity index is 1.56. The number of thiazole rings is 1. The van der Waals surface area contributed by atoms with Crippen molar-refractivity contribution in [3.05, 3.63) is 98.9 Å². The SMILES string of the molecule is CC(C)(C#N)c1ccc(NC(=O)c2cnc3sc(Cc4ccccc4)cn3c2=O)cc1. The summed E-state index contributed by atoms with van der Waals surface area (Å²) in [4.78, 5) is 31.4. The third-order valence-corrected chi connectivity index (χ3v) is 6.06. The van der Waals surface area contributed by atoms with Crippen molar-refractivity contribution >= 4 is 27.9 Å². The van der Waals surface area contributed by atoms with Gasteiger partial charge in [0.2, 0.25) is 0 Å². The molecule has 2 heterocycles. The molecule has 0 radical (unpaired) electrons. The van der Waals surface area contributed by atoms with E-state index >= 15 is 0 Å². The van der Waals surface area contributed by atoms with Crippen molar-refractivity contribution in [3.8, 4) is 6.07 Å². The Bertz CT molecular complexity index is 1350. The van der Waals surface area contributed by atoms with E-state index in [9.17, 15) is 14.9 Å². The number of rotatable bonds is 5. The lowest BCUT2D eigenvalue weighted by molar-refractivity contribution is 0.102. The van der Waals surface area contributed by atoms with Crippen LogP contribution in [0.1, 0.15) is 40.2 Å². The van der Waals surface area contributed by atoms with Crippen LogP contribution in [-0.2, 0) is 11.8 Å². The van der Waals surface area contributed by atoms with E-state index in [0.29, 0.717) is 17.1 Å². The third-order valence-electron chi connectivity index (χ3n) is 5.06. The number of amides is 1. The molecule has 31 heavy (non-hydrogen) atoms. The number of fused-ring (bicyclic) bond motifs is 1. The van der Waals surface area contributed by atoms with Crippen LogP contribution in [0.2, 0.25) is 0 Å². The van der Waals surface area contributed by atoms with Gasteiger partial charge in [-0.25, -0.2) is 4.98 Å². The molecule has 0 aliphatic carbocycles. The molecule has 0 bridgehead atoms. The number of nitrogens with zero attached hydrogens (tertiary/aromatic N) is 3. The molecule has 1 amide bonds. The van der Waals surface area contributed by atoms with Crippen LogP contribution >= 0.6 is 11.3 Å². The predicted octanol–water partition coefficient (Wildman–Crippen LogP) is 4.40. The highest BCUT2D eigenvalue weighted by Gasteiger charge is 2.20. The maximum atomic E-state index is 12.9. The summed E-state index contributed by atoms with van der Waals surface area (Å²) in [5, 5.41) is 12.0. The smallest absolute Gasteiger partial charge is 0.271 e. The highest BCUT2D eigenvalue weighted by molar-refractivity contribution is 7.17. The molecule has 0 aliphatic heterocycles. The molecule has 6 nitrogen and oxygen atoms in total. The molecule has 0 unspecified atom stereocenters. The number of benzene rings is 2. The summed E-state index contributed by atoms with van der Waals surface area (Å²) in [6, 6.07) is 19.2. The Labute approximate surface area is 183 Å². The second-order valence-corrected chi connectivity index (χ2v) is 8.85. The minimum Gasteiger partial charge on any atom is -0.322 e. The maximum Gasteiger partial charge on any atom is 0.271 e. The summed E-state index contributed by atoms with van der Waals surface area (Å²) in [6.07, 6.45) is 3.77. The molecule has 2 aromatic heterocycles. The second-order valence-electron chi connectivity index (χ2n) is 7.76. The van der Waals surface area contributed by atoms with Gasteiger partial charge in [-0.3, -0.25) is 14.0 Å². The van der Waals surface area contributed by atoms with Crippen LogP contribution in [0.15, 0.2) is 71.8 Å². The molecule has 7 heteroatoms. The van der Waals surface area contributed by atoms with Crippen LogP contribution in [-0.4, -0.2) is 15.3 Å². The predicted molar refractivity (Wildman–Crippen MR) is 122 cm³/mol. The molecule has 0 atom stereocenters. The molecule has 2 aromatic carbocycles. The van der Waals surface area contributed by atoms with E-state index in [1.165, 1.54) is 21.9 Å². The number of nitriles is 1. The fraction of sp³-hybridized carbons (Fsp3) is 0.167. The largest absolute Gasteiger partial charge is 0.322 e. The lowest BCUT2D eigenvalue weighted by Crippen LogP contribution is -2.25. The number of hydrogen-bond donors (Lipinski definition) is 1. The summed E-state index contributed by atoms with van der Waals surface area (Å²) >= 11 is 1.43. The minimum atomic E-state index is -0.618. The van der Waals surface area contributed by atoms with Gasteiger partial charge in [0.05, 0.1) is 11.5 Å². The first-order chi connectivity index (χ1) is 14.9. The van der Waals surface area contributed by atoms with Gasteiger partial charge in [-0.05, 0) is 37.1 Å². The first-order valence-corrected chi connectivity index (χ1v) is 10.6. The van der Waals surface area contributed by atoms with Crippen molar-refractivity contribution in [2.24, 2.45) is 0 Å². The minimum absolute atomic E-state index is 0.0250. The molecule has 4 rings (SSSR count). The molecule has 0 aliphatic rings. The molecule has 0 saturated carbocycles. The molecule has 0 fully saturated rings. The molecule has 0 spiro atoms. The highest BCUT2D eigenvalue weighted by atomic mass is 32.1. The van der Waals surface area contributed by atoms with E-state index < -0.39 is 16.9 Å². The Morgan fingerprint density at radius 1 is 1.16 bits per heavy atom. The van der Waals surface area contributed by atoms with Crippen LogP contribution in [0.25, 0.3) is 4.96 Å². The van der Waals surface area contributed by atoms with Crippen molar-refractivity contribution in [1.29, 1.82) is 5.26 Å². The topological polar surface area (TPSA) is 87.3 Å². The fourth-order valence-electron chi connectivity index (χ4n) is 3.20. The second kappa shape index (κ2) is 8.17. The standard InChI is InChI=1S/C24H20N4O2S/c1-24(2,15-25)17-8-10-18(11-9-17)27-21(29)20-13-26-23-28(22(20)30)14-19(31-23)12-16-6-4-3-5-7-16/h3-11,13-14H,12H2,1-2H3,(H,27,29). The maximum absolute atomic E-state index is 12.9. The lowest BCUT2D eigenvalue weighted by Gasteiger charge is -2.16. The van der Waals surface area contributed by atoms with Crippen LogP contribution in [0.3, 0.4) is 0 Å². The summed E-state index contributed by atoms with van der Waals surface area (Å²) in [5.74, 6) is -0.519. The van der Waals surface area contributed by atoms with Gasteiger partial charge in [-0.1, -0.05) is 42.5 Å². The van der Waals surface area contributed by atoms with Crippen LogP contribution < -0.4 is 10.9 Å². The summed E-state index contributed by atoms with van der Waals surface area (Å²) in [5.41, 5.74) is 1.49. The first-order valence-electron chi connectivity index (χ1n) is 9.74. The van der Waals surface area contributed by atoms with Crippen molar-refractivity contribution < 1.29 is 4.79 Å². The zero-order valence-corrected chi connectivity index (χ0v) is 17.9. The van der Waals surface area contributed by atoms with Gasteiger partial charge in [0.15, 0.2) is 4.96 Å². The third kappa shape index (κ3) is 4.25. The van der Waals surface area contributed by atoms with Crippen molar-refractivity contribution in [1.82, 2.24) is 9.38 Å². The van der Waals surface area contributed by atoms with E-state index in [2.05, 4.69) is 16.4 Å². The van der Waals surface area contributed by atoms with E-state index in [0.717, 1.165) is 16.0 Å². The zero-order valence-electron chi connectivity index (χ0n) is 17.1. The average molecular weight is 429 g/mol. The number of nitrogens with one attached hydrogen (secondary N) is 1. The molecular weight excluding hydrogens is 408 g/mol. The monoisotopic (exact) mass is 428 g/mol. The normalized spacial score (nSPS) is 11.3. The van der Waals surface area contributed by atoms with Crippen LogP contribution in [0.5, 0.6) is 0 Å². The van der Waals surface area contributed by atoms with E-state index in [4.69, 9.17) is 0 Å². The van der Waals surface area contributed by atoms with Crippen LogP contribution in [0.4, 0.5) is 5.69 Å². The summed E-state index contributed by atoms with van der Waals surface area (Å²) in [6.45, 7) is 3.66. The number of carbonyl (C=O) groups excluding carboxylic acids is 1. The van der Waals surface area contributed by atoms with Crippen molar-refractivity contribution in [2.75, 3.05) is 5.32 Å².